The Hall–Kier alpha value is -1.08. The van der Waals surface area contributed by atoms with Gasteiger partial charge in [-0.3, -0.25) is 9.89 Å². The van der Waals surface area contributed by atoms with Gasteiger partial charge in [0, 0.05) is 29.7 Å². The standard InChI is InChI=1S/C11H16ClN3O3S/c1-3-15(4-2)11(16)9-10(19(12,17)18)8(13-14-9)7-5-6-7/h7H,3-6H2,1-2H3,(H,13,14). The van der Waals surface area contributed by atoms with Crippen LogP contribution >= 0.6 is 10.7 Å². The monoisotopic (exact) mass is 305 g/mol. The van der Waals surface area contributed by atoms with E-state index >= 15 is 0 Å². The number of halogens is 1. The summed E-state index contributed by atoms with van der Waals surface area (Å²) in [5.74, 6) is -0.290. The molecule has 1 aromatic rings. The van der Waals surface area contributed by atoms with Gasteiger partial charge in [-0.25, -0.2) is 8.42 Å². The number of carbonyl (C=O) groups excluding carboxylic acids is 1. The summed E-state index contributed by atoms with van der Waals surface area (Å²) in [7, 11) is 1.47. The van der Waals surface area contributed by atoms with Crippen LogP contribution in [0.1, 0.15) is 48.8 Å². The molecule has 1 aliphatic carbocycles. The van der Waals surface area contributed by atoms with Gasteiger partial charge in [-0.1, -0.05) is 0 Å². The van der Waals surface area contributed by atoms with Gasteiger partial charge < -0.3 is 4.90 Å². The number of aromatic amines is 1. The second-order valence-corrected chi connectivity index (χ2v) is 7.01. The molecule has 0 unspecified atom stereocenters. The third-order valence-corrected chi connectivity index (χ3v) is 4.59. The Morgan fingerprint density at radius 1 is 1.42 bits per heavy atom. The van der Waals surface area contributed by atoms with Gasteiger partial charge in [0.2, 0.25) is 0 Å². The number of hydrogen-bond acceptors (Lipinski definition) is 4. The highest BCUT2D eigenvalue weighted by molar-refractivity contribution is 8.13. The molecule has 6 nitrogen and oxygen atoms in total. The van der Waals surface area contributed by atoms with Crippen molar-refractivity contribution in [2.45, 2.75) is 37.5 Å². The van der Waals surface area contributed by atoms with E-state index in [4.69, 9.17) is 10.7 Å². The first-order valence-corrected chi connectivity index (χ1v) is 8.53. The van der Waals surface area contributed by atoms with Crippen LogP contribution < -0.4 is 0 Å². The van der Waals surface area contributed by atoms with Crippen molar-refractivity contribution in [1.29, 1.82) is 0 Å². The molecule has 1 amide bonds. The smallest absolute Gasteiger partial charge is 0.275 e. The summed E-state index contributed by atoms with van der Waals surface area (Å²) >= 11 is 0. The predicted molar refractivity (Wildman–Crippen MR) is 70.9 cm³/mol. The van der Waals surface area contributed by atoms with Crippen molar-refractivity contribution in [2.75, 3.05) is 13.1 Å². The van der Waals surface area contributed by atoms with Crippen LogP contribution in [0.2, 0.25) is 0 Å². The Labute approximate surface area is 116 Å². The van der Waals surface area contributed by atoms with E-state index in [9.17, 15) is 13.2 Å². The van der Waals surface area contributed by atoms with Gasteiger partial charge in [0.15, 0.2) is 5.69 Å². The van der Waals surface area contributed by atoms with E-state index < -0.39 is 15.0 Å². The maximum Gasteiger partial charge on any atom is 0.275 e. The average Bonchev–Trinajstić information content (AvgIpc) is 3.07. The molecule has 0 saturated heterocycles. The molecule has 1 saturated carbocycles. The van der Waals surface area contributed by atoms with Crippen molar-refractivity contribution in [3.8, 4) is 0 Å². The normalized spacial score (nSPS) is 15.5. The van der Waals surface area contributed by atoms with Crippen molar-refractivity contribution in [3.63, 3.8) is 0 Å². The molecule has 1 aliphatic rings. The zero-order valence-electron chi connectivity index (χ0n) is 10.8. The van der Waals surface area contributed by atoms with Crippen molar-refractivity contribution in [1.82, 2.24) is 15.1 Å². The molecule has 1 fully saturated rings. The highest BCUT2D eigenvalue weighted by atomic mass is 35.7. The summed E-state index contributed by atoms with van der Waals surface area (Å²) in [6.07, 6.45) is 1.78. The van der Waals surface area contributed by atoms with E-state index in [0.29, 0.717) is 18.8 Å². The van der Waals surface area contributed by atoms with E-state index in [2.05, 4.69) is 10.2 Å². The van der Waals surface area contributed by atoms with Crippen molar-refractivity contribution in [3.05, 3.63) is 11.4 Å². The van der Waals surface area contributed by atoms with Gasteiger partial charge in [0.1, 0.15) is 4.90 Å². The van der Waals surface area contributed by atoms with Crippen LogP contribution in [-0.4, -0.2) is 42.5 Å². The average molecular weight is 306 g/mol. The molecule has 1 N–H and O–H groups in total. The Morgan fingerprint density at radius 2 is 2.00 bits per heavy atom. The maximum absolute atomic E-state index is 12.3. The number of hydrogen-bond donors (Lipinski definition) is 1. The second-order valence-electron chi connectivity index (χ2n) is 4.50. The molecule has 0 aromatic carbocycles. The lowest BCUT2D eigenvalue weighted by Crippen LogP contribution is -2.31. The summed E-state index contributed by atoms with van der Waals surface area (Å²) < 4.78 is 23.4. The number of nitrogens with zero attached hydrogens (tertiary/aromatic N) is 2. The molecule has 1 heterocycles. The lowest BCUT2D eigenvalue weighted by atomic mass is 10.2. The third kappa shape index (κ3) is 2.76. The van der Waals surface area contributed by atoms with E-state index in [0.717, 1.165) is 12.8 Å². The first kappa shape index (κ1) is 14.3. The molecule has 2 rings (SSSR count). The third-order valence-electron chi connectivity index (χ3n) is 3.23. The summed E-state index contributed by atoms with van der Waals surface area (Å²) in [6.45, 7) is 4.63. The zero-order valence-corrected chi connectivity index (χ0v) is 12.4. The van der Waals surface area contributed by atoms with E-state index in [1.807, 2.05) is 13.8 Å². The Kier molecular flexibility index (Phi) is 3.87. The summed E-state index contributed by atoms with van der Waals surface area (Å²) in [5, 5.41) is 6.55. The molecule has 1 aromatic heterocycles. The first-order chi connectivity index (χ1) is 8.90. The zero-order chi connectivity index (χ0) is 14.2. The van der Waals surface area contributed by atoms with Gasteiger partial charge in [-0.2, -0.15) is 5.10 Å². The molecular weight excluding hydrogens is 290 g/mol. The summed E-state index contributed by atoms with van der Waals surface area (Å²) in [5.41, 5.74) is 0.367. The van der Waals surface area contributed by atoms with E-state index in [-0.39, 0.29) is 16.5 Å². The van der Waals surface area contributed by atoms with Crippen molar-refractivity contribution >= 4 is 25.6 Å². The van der Waals surface area contributed by atoms with Gasteiger partial charge in [-0.15, -0.1) is 0 Å². The van der Waals surface area contributed by atoms with Gasteiger partial charge in [0.25, 0.3) is 15.0 Å². The fourth-order valence-electron chi connectivity index (χ4n) is 2.05. The predicted octanol–water partition coefficient (Wildman–Crippen LogP) is 1.70. The lowest BCUT2D eigenvalue weighted by molar-refractivity contribution is 0.0763. The van der Waals surface area contributed by atoms with Crippen LogP contribution in [0.25, 0.3) is 0 Å². The maximum atomic E-state index is 12.3. The van der Waals surface area contributed by atoms with Crippen LogP contribution in [0.15, 0.2) is 4.90 Å². The molecule has 0 aliphatic heterocycles. The number of H-pyrrole nitrogens is 1. The molecule has 0 bridgehead atoms. The second kappa shape index (κ2) is 5.13. The largest absolute Gasteiger partial charge is 0.338 e. The lowest BCUT2D eigenvalue weighted by Gasteiger charge is -2.17. The van der Waals surface area contributed by atoms with Crippen LogP contribution in [0.5, 0.6) is 0 Å². The van der Waals surface area contributed by atoms with Crippen LogP contribution in [0, 0.1) is 0 Å². The number of carbonyl (C=O) groups is 1. The van der Waals surface area contributed by atoms with Crippen molar-refractivity contribution in [2.24, 2.45) is 0 Å². The fourth-order valence-corrected chi connectivity index (χ4v) is 3.35. The van der Waals surface area contributed by atoms with E-state index in [1.54, 1.807) is 0 Å². The molecule has 8 heteroatoms. The van der Waals surface area contributed by atoms with E-state index in [1.165, 1.54) is 4.90 Å². The van der Waals surface area contributed by atoms with Crippen LogP contribution in [0.4, 0.5) is 0 Å². The van der Waals surface area contributed by atoms with Crippen LogP contribution in [0.3, 0.4) is 0 Å². The molecule has 0 radical (unpaired) electrons. The van der Waals surface area contributed by atoms with Crippen LogP contribution in [-0.2, 0) is 9.05 Å². The Morgan fingerprint density at radius 3 is 2.42 bits per heavy atom. The van der Waals surface area contributed by atoms with Crippen molar-refractivity contribution < 1.29 is 13.2 Å². The summed E-state index contributed by atoms with van der Waals surface area (Å²) in [4.78, 5) is 13.6. The molecule has 106 valence electrons. The summed E-state index contributed by atoms with van der Waals surface area (Å²) in [6, 6.07) is 0. The van der Waals surface area contributed by atoms with Gasteiger partial charge in [0.05, 0.1) is 5.69 Å². The highest BCUT2D eigenvalue weighted by Gasteiger charge is 2.37. The molecule has 19 heavy (non-hydrogen) atoms. The SMILES string of the molecule is CCN(CC)C(=O)c1n[nH]c(C2CC2)c1S(=O)(=O)Cl. The minimum Gasteiger partial charge on any atom is -0.338 e. The molecule has 0 atom stereocenters. The number of nitrogens with one attached hydrogen (secondary N) is 1. The quantitative estimate of drug-likeness (QED) is 0.839. The Balaban J connectivity index is 2.49. The van der Waals surface area contributed by atoms with Gasteiger partial charge in [-0.05, 0) is 26.7 Å². The van der Waals surface area contributed by atoms with Gasteiger partial charge >= 0.3 is 0 Å². The first-order valence-electron chi connectivity index (χ1n) is 6.22. The highest BCUT2D eigenvalue weighted by Crippen LogP contribution is 2.43. The number of aromatic nitrogens is 2. The number of rotatable bonds is 5. The molecule has 0 spiro atoms. The minimum atomic E-state index is -3.99. The number of amides is 1. The molecular formula is C11H16ClN3O3S. The Bertz CT molecular complexity index is 588. The topological polar surface area (TPSA) is 83.1 Å². The minimum absolute atomic E-state index is 0.0967. The fraction of sp³-hybridized carbons (Fsp3) is 0.636.